The molecule has 25 heavy (non-hydrogen) atoms. The van der Waals surface area contributed by atoms with Crippen molar-refractivity contribution in [2.75, 3.05) is 10.2 Å². The second kappa shape index (κ2) is 6.17. The largest absolute Gasteiger partial charge is 0.378 e. The Balaban J connectivity index is 1.76. The summed E-state index contributed by atoms with van der Waals surface area (Å²) in [6.07, 6.45) is 2.37. The van der Waals surface area contributed by atoms with Gasteiger partial charge in [-0.05, 0) is 54.7 Å². The molecule has 1 fully saturated rings. The Morgan fingerprint density at radius 2 is 1.80 bits per heavy atom. The number of hydrogen-bond donors (Lipinski definition) is 1. The third kappa shape index (κ3) is 2.90. The van der Waals surface area contributed by atoms with Gasteiger partial charge in [0.25, 0.3) is 0 Å². The van der Waals surface area contributed by atoms with E-state index < -0.39 is 0 Å². The van der Waals surface area contributed by atoms with Crippen LogP contribution in [0.3, 0.4) is 0 Å². The predicted octanol–water partition coefficient (Wildman–Crippen LogP) is 4.76. The van der Waals surface area contributed by atoms with Crippen LogP contribution in [0.4, 0.5) is 15.8 Å². The van der Waals surface area contributed by atoms with E-state index in [9.17, 15) is 9.18 Å². The number of rotatable bonds is 3. The van der Waals surface area contributed by atoms with Gasteiger partial charge in [-0.1, -0.05) is 25.1 Å². The molecule has 1 amide bonds. The van der Waals surface area contributed by atoms with Gasteiger partial charge in [0.15, 0.2) is 0 Å². The van der Waals surface area contributed by atoms with Crippen LogP contribution in [-0.4, -0.2) is 11.9 Å². The Labute approximate surface area is 147 Å². The number of hydrogen-bond acceptors (Lipinski definition) is 2. The topological polar surface area (TPSA) is 32.3 Å². The SMILES string of the molecule is CC(=O)N1c2ccccc2C(Nc2ccc(F)cc2)[C@@H](C)C1C1CC1. The maximum absolute atomic E-state index is 13.2. The Kier molecular flexibility index (Phi) is 3.98. The standard InChI is InChI=1S/C21H23FN2O/c1-13-20(23-17-11-9-16(22)10-12-17)18-5-3-4-6-19(18)24(14(2)25)21(13)15-7-8-15/h3-6,9-13,15,20-21,23H,7-8H2,1-2H3/t13-,20?,21?/m1/s1. The highest BCUT2D eigenvalue weighted by molar-refractivity contribution is 5.94. The van der Waals surface area contributed by atoms with E-state index in [0.717, 1.165) is 16.9 Å². The van der Waals surface area contributed by atoms with Gasteiger partial charge in [-0.2, -0.15) is 0 Å². The van der Waals surface area contributed by atoms with Crippen LogP contribution in [0.25, 0.3) is 0 Å². The van der Waals surface area contributed by atoms with E-state index in [0.29, 0.717) is 5.92 Å². The van der Waals surface area contributed by atoms with Crippen molar-refractivity contribution < 1.29 is 9.18 Å². The summed E-state index contributed by atoms with van der Waals surface area (Å²) in [5.41, 5.74) is 3.04. The molecule has 1 heterocycles. The summed E-state index contributed by atoms with van der Waals surface area (Å²) in [5, 5.41) is 3.58. The lowest BCUT2D eigenvalue weighted by atomic mass is 9.80. The lowest BCUT2D eigenvalue weighted by Gasteiger charge is -2.46. The molecule has 2 aromatic rings. The minimum atomic E-state index is -0.235. The predicted molar refractivity (Wildman–Crippen MR) is 98.0 cm³/mol. The Morgan fingerprint density at radius 3 is 2.44 bits per heavy atom. The maximum atomic E-state index is 13.2. The molecule has 130 valence electrons. The first kappa shape index (κ1) is 16.1. The second-order valence-electron chi connectivity index (χ2n) is 7.26. The number of anilines is 2. The third-order valence-corrected chi connectivity index (χ3v) is 5.50. The number of benzene rings is 2. The highest BCUT2D eigenvalue weighted by atomic mass is 19.1. The molecule has 1 saturated carbocycles. The number of halogens is 1. The molecule has 0 aromatic heterocycles. The van der Waals surface area contributed by atoms with Crippen molar-refractivity contribution in [1.82, 2.24) is 0 Å². The molecule has 1 aliphatic carbocycles. The van der Waals surface area contributed by atoms with Gasteiger partial charge >= 0.3 is 0 Å². The van der Waals surface area contributed by atoms with Crippen molar-refractivity contribution >= 4 is 17.3 Å². The number of nitrogens with zero attached hydrogens (tertiary/aromatic N) is 1. The minimum Gasteiger partial charge on any atom is -0.378 e. The van der Waals surface area contributed by atoms with Crippen LogP contribution in [0, 0.1) is 17.7 Å². The summed E-state index contributed by atoms with van der Waals surface area (Å²) >= 11 is 0. The second-order valence-corrected chi connectivity index (χ2v) is 7.26. The monoisotopic (exact) mass is 338 g/mol. The number of nitrogens with one attached hydrogen (secondary N) is 1. The van der Waals surface area contributed by atoms with Crippen LogP contribution in [0.2, 0.25) is 0 Å². The summed E-state index contributed by atoms with van der Waals surface area (Å²) in [7, 11) is 0. The molecular formula is C21H23FN2O. The van der Waals surface area contributed by atoms with Crippen molar-refractivity contribution in [2.24, 2.45) is 11.8 Å². The Bertz CT molecular complexity index is 785. The molecular weight excluding hydrogens is 315 g/mol. The summed E-state index contributed by atoms with van der Waals surface area (Å²) in [6, 6.07) is 14.9. The van der Waals surface area contributed by atoms with E-state index in [2.05, 4.69) is 18.3 Å². The Hall–Kier alpha value is -2.36. The summed E-state index contributed by atoms with van der Waals surface area (Å²) in [5.74, 6) is 0.721. The molecule has 3 atom stereocenters. The number of carbonyl (C=O) groups is 1. The highest BCUT2D eigenvalue weighted by Crippen LogP contribution is 2.49. The van der Waals surface area contributed by atoms with E-state index in [1.807, 2.05) is 23.1 Å². The van der Waals surface area contributed by atoms with Crippen molar-refractivity contribution in [3.8, 4) is 0 Å². The minimum absolute atomic E-state index is 0.0999. The summed E-state index contributed by atoms with van der Waals surface area (Å²) in [4.78, 5) is 14.4. The van der Waals surface area contributed by atoms with E-state index >= 15 is 0 Å². The molecule has 0 radical (unpaired) electrons. The number of carbonyl (C=O) groups excluding carboxylic acids is 1. The van der Waals surface area contributed by atoms with Crippen molar-refractivity contribution in [2.45, 2.75) is 38.8 Å². The van der Waals surface area contributed by atoms with Crippen LogP contribution < -0.4 is 10.2 Å². The molecule has 2 aliphatic rings. The van der Waals surface area contributed by atoms with Gasteiger partial charge in [0.2, 0.25) is 5.91 Å². The van der Waals surface area contributed by atoms with Crippen LogP contribution in [0.5, 0.6) is 0 Å². The van der Waals surface area contributed by atoms with Crippen molar-refractivity contribution in [3.63, 3.8) is 0 Å². The van der Waals surface area contributed by atoms with Gasteiger partial charge in [-0.25, -0.2) is 4.39 Å². The number of fused-ring (bicyclic) bond motifs is 1. The van der Waals surface area contributed by atoms with Crippen LogP contribution in [0.15, 0.2) is 48.5 Å². The molecule has 0 spiro atoms. The number of para-hydroxylation sites is 1. The van der Waals surface area contributed by atoms with Gasteiger partial charge in [0.1, 0.15) is 5.82 Å². The van der Waals surface area contributed by atoms with Gasteiger partial charge in [-0.15, -0.1) is 0 Å². The molecule has 3 nitrogen and oxygen atoms in total. The molecule has 1 N–H and O–H groups in total. The molecule has 4 heteroatoms. The lowest BCUT2D eigenvalue weighted by Crippen LogP contribution is -2.51. The van der Waals surface area contributed by atoms with E-state index in [1.165, 1.54) is 25.0 Å². The molecule has 0 bridgehead atoms. The van der Waals surface area contributed by atoms with Gasteiger partial charge in [0.05, 0.1) is 6.04 Å². The third-order valence-electron chi connectivity index (χ3n) is 5.50. The summed E-state index contributed by atoms with van der Waals surface area (Å²) < 4.78 is 13.2. The van der Waals surface area contributed by atoms with Crippen LogP contribution in [0.1, 0.15) is 38.3 Å². The fourth-order valence-electron chi connectivity index (χ4n) is 4.24. The van der Waals surface area contributed by atoms with E-state index in [4.69, 9.17) is 0 Å². The molecule has 1 aliphatic heterocycles. The van der Waals surface area contributed by atoms with Crippen LogP contribution >= 0.6 is 0 Å². The smallest absolute Gasteiger partial charge is 0.224 e. The van der Waals surface area contributed by atoms with E-state index in [1.54, 1.807) is 19.1 Å². The fraction of sp³-hybridized carbons (Fsp3) is 0.381. The quantitative estimate of drug-likeness (QED) is 0.875. The first-order valence-corrected chi connectivity index (χ1v) is 8.97. The maximum Gasteiger partial charge on any atom is 0.224 e. The van der Waals surface area contributed by atoms with Crippen molar-refractivity contribution in [1.29, 1.82) is 0 Å². The average Bonchev–Trinajstić information content (AvgIpc) is 3.43. The van der Waals surface area contributed by atoms with Crippen LogP contribution in [-0.2, 0) is 4.79 Å². The number of amides is 1. The normalized spacial score (nSPS) is 25.4. The highest BCUT2D eigenvalue weighted by Gasteiger charge is 2.47. The first-order chi connectivity index (χ1) is 12.1. The average molecular weight is 338 g/mol. The van der Waals surface area contributed by atoms with Crippen molar-refractivity contribution in [3.05, 3.63) is 59.9 Å². The molecule has 0 saturated heterocycles. The zero-order valence-electron chi connectivity index (χ0n) is 14.6. The van der Waals surface area contributed by atoms with Gasteiger partial charge in [-0.3, -0.25) is 4.79 Å². The molecule has 4 rings (SSSR count). The van der Waals surface area contributed by atoms with Gasteiger partial charge in [0, 0.05) is 30.3 Å². The molecule has 2 aromatic carbocycles. The van der Waals surface area contributed by atoms with Gasteiger partial charge < -0.3 is 10.2 Å². The Morgan fingerprint density at radius 1 is 1.12 bits per heavy atom. The first-order valence-electron chi connectivity index (χ1n) is 8.97. The lowest BCUT2D eigenvalue weighted by molar-refractivity contribution is -0.117. The zero-order valence-corrected chi connectivity index (χ0v) is 14.6. The fourth-order valence-corrected chi connectivity index (χ4v) is 4.24. The van der Waals surface area contributed by atoms with E-state index in [-0.39, 0.29) is 29.7 Å². The summed E-state index contributed by atoms with van der Waals surface area (Å²) in [6.45, 7) is 3.88. The zero-order chi connectivity index (χ0) is 17.6. The molecule has 2 unspecified atom stereocenters.